The maximum Gasteiger partial charge on any atom is 0.211 e. The van der Waals surface area contributed by atoms with Crippen molar-refractivity contribution in [2.45, 2.75) is 11.7 Å². The molecule has 1 aromatic carbocycles. The van der Waals surface area contributed by atoms with Gasteiger partial charge in [-0.1, -0.05) is 29.3 Å². The van der Waals surface area contributed by atoms with Crippen LogP contribution in [0, 0.1) is 0 Å². The molecule has 3 rings (SSSR count). The minimum atomic E-state index is -0.169. The van der Waals surface area contributed by atoms with Crippen LogP contribution in [0.4, 0.5) is 5.88 Å². The maximum atomic E-state index is 6.28. The fourth-order valence-corrected chi connectivity index (χ4v) is 3.03. The van der Waals surface area contributed by atoms with Gasteiger partial charge in [-0.15, -0.1) is 12.6 Å². The van der Waals surface area contributed by atoms with E-state index in [2.05, 4.69) is 18.1 Å². The summed E-state index contributed by atoms with van der Waals surface area (Å²) in [5.41, 5.74) is 4.10. The highest BCUT2D eigenvalue weighted by molar-refractivity contribution is 7.81. The zero-order valence-electron chi connectivity index (χ0n) is 10.6. The zero-order chi connectivity index (χ0) is 14.3. The molecule has 0 saturated carbocycles. The first-order valence-electron chi connectivity index (χ1n) is 6.02. The van der Waals surface area contributed by atoms with Crippen LogP contribution in [-0.4, -0.2) is 17.4 Å². The summed E-state index contributed by atoms with van der Waals surface area (Å²) in [5.74, 6) is 0.699. The van der Waals surface area contributed by atoms with Gasteiger partial charge in [-0.05, 0) is 25.2 Å². The van der Waals surface area contributed by atoms with Gasteiger partial charge in [-0.25, -0.2) is 10.4 Å². The number of benzene rings is 1. The summed E-state index contributed by atoms with van der Waals surface area (Å²) in [4.78, 5) is 2.04. The van der Waals surface area contributed by atoms with Crippen molar-refractivity contribution in [3.05, 3.63) is 52.2 Å². The number of halogens is 2. The Bertz CT molecular complexity index is 608. The Kier molecular flexibility index (Phi) is 3.88. The fraction of sp³-hybridized carbons (Fsp3) is 0.231. The Morgan fingerprint density at radius 1 is 1.30 bits per heavy atom. The first kappa shape index (κ1) is 14.1. The molecule has 1 fully saturated rings. The normalized spacial score (nSPS) is 23.5. The third-order valence-corrected chi connectivity index (χ3v) is 4.42. The lowest BCUT2D eigenvalue weighted by Gasteiger charge is -2.21. The molecule has 0 bridgehead atoms. The monoisotopic (exact) mass is 329 g/mol. The highest BCUT2D eigenvalue weighted by atomic mass is 35.5. The van der Waals surface area contributed by atoms with Crippen molar-refractivity contribution in [2.75, 3.05) is 12.1 Å². The van der Waals surface area contributed by atoms with Gasteiger partial charge < -0.3 is 4.42 Å². The second-order valence-electron chi connectivity index (χ2n) is 4.53. The van der Waals surface area contributed by atoms with Gasteiger partial charge in [-0.2, -0.15) is 0 Å². The van der Waals surface area contributed by atoms with Crippen LogP contribution in [0.3, 0.4) is 0 Å². The van der Waals surface area contributed by atoms with E-state index in [0.717, 1.165) is 5.56 Å². The smallest absolute Gasteiger partial charge is 0.211 e. The predicted octanol–water partition coefficient (Wildman–Crippen LogP) is 3.76. The van der Waals surface area contributed by atoms with Crippen molar-refractivity contribution in [3.63, 3.8) is 0 Å². The molecule has 2 heterocycles. The molecule has 7 heteroatoms. The Morgan fingerprint density at radius 3 is 2.75 bits per heavy atom. The van der Waals surface area contributed by atoms with Crippen molar-refractivity contribution >= 4 is 41.7 Å². The van der Waals surface area contributed by atoms with Crippen LogP contribution in [-0.2, 0) is 0 Å². The molecular formula is C13H13Cl2N3OS. The van der Waals surface area contributed by atoms with E-state index >= 15 is 0 Å². The van der Waals surface area contributed by atoms with Gasteiger partial charge in [0.05, 0.1) is 6.26 Å². The van der Waals surface area contributed by atoms with Crippen LogP contribution in [0.15, 0.2) is 41.0 Å². The molecule has 4 nitrogen and oxygen atoms in total. The van der Waals surface area contributed by atoms with Crippen molar-refractivity contribution in [2.24, 2.45) is 0 Å². The minimum absolute atomic E-state index is 0.104. The lowest BCUT2D eigenvalue weighted by atomic mass is 10.1. The number of hydrogen-bond donors (Lipinski definition) is 2. The van der Waals surface area contributed by atoms with E-state index in [1.165, 1.54) is 0 Å². The van der Waals surface area contributed by atoms with Gasteiger partial charge in [0, 0.05) is 21.7 Å². The topological polar surface area (TPSA) is 31.6 Å². The van der Waals surface area contributed by atoms with Gasteiger partial charge in [0.2, 0.25) is 5.88 Å². The summed E-state index contributed by atoms with van der Waals surface area (Å²) in [6, 6.07) is 9.17. The number of nitrogens with one attached hydrogen (secondary N) is 1. The molecule has 2 atom stereocenters. The molecular weight excluding hydrogens is 317 g/mol. The van der Waals surface area contributed by atoms with Crippen molar-refractivity contribution in [3.8, 4) is 0 Å². The highest BCUT2D eigenvalue weighted by Gasteiger charge is 2.37. The molecule has 2 aromatic rings. The van der Waals surface area contributed by atoms with E-state index in [1.807, 2.05) is 41.2 Å². The van der Waals surface area contributed by atoms with E-state index in [1.54, 1.807) is 12.3 Å². The minimum Gasteiger partial charge on any atom is -0.447 e. The lowest BCUT2D eigenvalue weighted by Crippen LogP contribution is -2.36. The molecule has 1 saturated heterocycles. The molecule has 1 N–H and O–H groups in total. The average molecular weight is 330 g/mol. The molecule has 1 aromatic heterocycles. The van der Waals surface area contributed by atoms with E-state index in [0.29, 0.717) is 15.9 Å². The summed E-state index contributed by atoms with van der Waals surface area (Å²) in [6.07, 6.45) is 1.52. The lowest BCUT2D eigenvalue weighted by molar-refractivity contribution is 0.286. The van der Waals surface area contributed by atoms with Gasteiger partial charge in [0.15, 0.2) is 0 Å². The molecule has 0 unspecified atom stereocenters. The molecule has 0 radical (unpaired) electrons. The number of thiol groups is 1. The second kappa shape index (κ2) is 5.50. The number of rotatable bonds is 2. The van der Waals surface area contributed by atoms with Crippen LogP contribution in [0.5, 0.6) is 0 Å². The van der Waals surface area contributed by atoms with Gasteiger partial charge in [-0.3, -0.25) is 4.90 Å². The Hall–Kier alpha value is -0.850. The molecule has 106 valence electrons. The SMILES string of the molecule is CN1[C@@H](c2ccc(Cl)cc2Cl)NN(c2ccco2)[C@H]1S. The van der Waals surface area contributed by atoms with Gasteiger partial charge >= 0.3 is 0 Å². The first-order chi connectivity index (χ1) is 9.58. The predicted molar refractivity (Wildman–Crippen MR) is 84.1 cm³/mol. The first-order valence-corrected chi connectivity index (χ1v) is 7.29. The maximum absolute atomic E-state index is 6.28. The number of furan rings is 1. The molecule has 1 aliphatic heterocycles. The van der Waals surface area contributed by atoms with Crippen molar-refractivity contribution < 1.29 is 4.42 Å². The van der Waals surface area contributed by atoms with E-state index in [9.17, 15) is 0 Å². The number of anilines is 1. The van der Waals surface area contributed by atoms with Gasteiger partial charge in [0.1, 0.15) is 11.7 Å². The van der Waals surface area contributed by atoms with Crippen molar-refractivity contribution in [1.82, 2.24) is 10.3 Å². The van der Waals surface area contributed by atoms with E-state index in [-0.39, 0.29) is 11.7 Å². The Morgan fingerprint density at radius 2 is 2.10 bits per heavy atom. The summed E-state index contributed by atoms with van der Waals surface area (Å²) < 4.78 is 5.40. The summed E-state index contributed by atoms with van der Waals surface area (Å²) in [5, 5.41) is 3.08. The quantitative estimate of drug-likeness (QED) is 0.821. The largest absolute Gasteiger partial charge is 0.447 e. The molecule has 0 spiro atoms. The zero-order valence-corrected chi connectivity index (χ0v) is 13.0. The Balaban J connectivity index is 1.92. The van der Waals surface area contributed by atoms with Crippen LogP contribution < -0.4 is 10.4 Å². The van der Waals surface area contributed by atoms with E-state index in [4.69, 9.17) is 27.6 Å². The molecule has 20 heavy (non-hydrogen) atoms. The van der Waals surface area contributed by atoms with Crippen LogP contribution in [0.25, 0.3) is 0 Å². The number of hydrogen-bond acceptors (Lipinski definition) is 5. The highest BCUT2D eigenvalue weighted by Crippen LogP contribution is 2.35. The third kappa shape index (κ3) is 2.40. The van der Waals surface area contributed by atoms with Crippen LogP contribution >= 0.6 is 35.8 Å². The number of hydrazine groups is 1. The fourth-order valence-electron chi connectivity index (χ4n) is 2.20. The summed E-state index contributed by atoms with van der Waals surface area (Å²) >= 11 is 16.8. The van der Waals surface area contributed by atoms with Crippen LogP contribution in [0.2, 0.25) is 10.0 Å². The Labute approximate surface area is 132 Å². The standard InChI is InChI=1S/C13H13Cl2N3OS/c1-17-12(9-5-4-8(14)7-10(9)15)16-18(13(17)20)11-3-2-6-19-11/h2-7,12-13,16,20H,1H3/t12-,13-/m0/s1. The molecule has 0 amide bonds. The summed E-state index contributed by atoms with van der Waals surface area (Å²) in [7, 11) is 1.96. The number of nitrogens with zero attached hydrogens (tertiary/aromatic N) is 2. The van der Waals surface area contributed by atoms with Crippen LogP contribution in [0.1, 0.15) is 11.7 Å². The third-order valence-electron chi connectivity index (χ3n) is 3.26. The summed E-state index contributed by atoms with van der Waals surface area (Å²) in [6.45, 7) is 0. The van der Waals surface area contributed by atoms with Crippen molar-refractivity contribution in [1.29, 1.82) is 0 Å². The molecule has 0 aliphatic carbocycles. The molecule has 1 aliphatic rings. The van der Waals surface area contributed by atoms with Gasteiger partial charge in [0.25, 0.3) is 0 Å². The van der Waals surface area contributed by atoms with E-state index < -0.39 is 0 Å². The second-order valence-corrected chi connectivity index (χ2v) is 5.84. The average Bonchev–Trinajstić information content (AvgIpc) is 3.01.